The van der Waals surface area contributed by atoms with E-state index in [0.29, 0.717) is 0 Å². The number of nitrogens with zero attached hydrogens (tertiary/aromatic N) is 1. The Hall–Kier alpha value is -2.45. The molecule has 154 valence electrons. The van der Waals surface area contributed by atoms with Gasteiger partial charge in [-0.05, 0) is 130 Å². The fourth-order valence-corrected chi connectivity index (χ4v) is 5.63. The fraction of sp³-hybridized carbons (Fsp3) is 0.321. The van der Waals surface area contributed by atoms with Crippen molar-refractivity contribution in [3.05, 3.63) is 86.0 Å². The van der Waals surface area contributed by atoms with E-state index in [1.54, 1.807) is 11.3 Å². The molecule has 0 bridgehead atoms. The topological polar surface area (TPSA) is 12.9 Å². The summed E-state index contributed by atoms with van der Waals surface area (Å²) in [6, 6.07) is 11.1. The lowest BCUT2D eigenvalue weighted by Gasteiger charge is -2.20. The van der Waals surface area contributed by atoms with Crippen molar-refractivity contribution in [1.82, 2.24) is 4.98 Å². The molecule has 0 atom stereocenters. The van der Waals surface area contributed by atoms with Gasteiger partial charge in [-0.15, -0.1) is 11.3 Å². The first kappa shape index (κ1) is 20.8. The molecule has 0 spiro atoms. The van der Waals surface area contributed by atoms with Crippen LogP contribution < -0.4 is 0 Å². The van der Waals surface area contributed by atoms with Crippen molar-refractivity contribution in [1.29, 1.82) is 0 Å². The number of thiazole rings is 1. The normalized spacial score (nSPS) is 11.5. The summed E-state index contributed by atoms with van der Waals surface area (Å²) in [5, 5.41) is 1.12. The Kier molecular flexibility index (Phi) is 5.32. The summed E-state index contributed by atoms with van der Waals surface area (Å²) < 4.78 is 1.27. The minimum atomic E-state index is 0.992. The molecule has 0 aliphatic heterocycles. The van der Waals surface area contributed by atoms with E-state index in [-0.39, 0.29) is 0 Å². The van der Waals surface area contributed by atoms with Crippen LogP contribution in [0, 0.1) is 55.4 Å². The average molecular weight is 414 g/mol. The highest BCUT2D eigenvalue weighted by Crippen LogP contribution is 2.35. The van der Waals surface area contributed by atoms with Gasteiger partial charge in [0.1, 0.15) is 5.01 Å². The summed E-state index contributed by atoms with van der Waals surface area (Å²) in [6.45, 7) is 18.0. The first-order chi connectivity index (χ1) is 14.2. The third-order valence-electron chi connectivity index (χ3n) is 7.20. The van der Waals surface area contributed by atoms with Crippen LogP contribution in [0.2, 0.25) is 0 Å². The van der Waals surface area contributed by atoms with Gasteiger partial charge in [-0.3, -0.25) is 0 Å². The number of hydrogen-bond acceptors (Lipinski definition) is 2. The molecular weight excluding hydrogens is 382 g/mol. The summed E-state index contributed by atoms with van der Waals surface area (Å²) in [7, 11) is 0. The zero-order valence-corrected chi connectivity index (χ0v) is 20.3. The highest BCUT2D eigenvalue weighted by atomic mass is 32.1. The van der Waals surface area contributed by atoms with E-state index >= 15 is 0 Å². The minimum absolute atomic E-state index is 0.992. The second-order valence-electron chi connectivity index (χ2n) is 8.79. The van der Waals surface area contributed by atoms with Gasteiger partial charge in [0.05, 0.1) is 10.2 Å². The Labute approximate surface area is 184 Å². The highest BCUT2D eigenvalue weighted by Gasteiger charge is 2.16. The number of hydrogen-bond donors (Lipinski definition) is 0. The van der Waals surface area contributed by atoms with Crippen LogP contribution in [0.15, 0.2) is 30.3 Å². The number of aromatic nitrogens is 1. The summed E-state index contributed by atoms with van der Waals surface area (Å²) >= 11 is 1.80. The second-order valence-corrected chi connectivity index (χ2v) is 9.82. The third kappa shape index (κ3) is 3.37. The lowest BCUT2D eigenvalue weighted by atomic mass is 9.85. The maximum absolute atomic E-state index is 4.92. The molecule has 4 rings (SSSR count). The summed E-state index contributed by atoms with van der Waals surface area (Å²) in [5.41, 5.74) is 16.5. The van der Waals surface area contributed by atoms with Gasteiger partial charge < -0.3 is 0 Å². The number of fused-ring (bicyclic) bond motifs is 1. The van der Waals surface area contributed by atoms with Crippen molar-refractivity contribution in [2.45, 2.75) is 61.8 Å². The molecule has 30 heavy (non-hydrogen) atoms. The number of rotatable bonds is 3. The maximum atomic E-state index is 4.92. The summed E-state index contributed by atoms with van der Waals surface area (Å²) in [5.74, 6) is 0. The van der Waals surface area contributed by atoms with Crippen LogP contribution in [-0.2, 0) is 6.42 Å². The Morgan fingerprint density at radius 3 is 1.97 bits per heavy atom. The Morgan fingerprint density at radius 2 is 1.30 bits per heavy atom. The van der Waals surface area contributed by atoms with Crippen LogP contribution in [0.5, 0.6) is 0 Å². The van der Waals surface area contributed by atoms with E-state index in [9.17, 15) is 0 Å². The van der Waals surface area contributed by atoms with Gasteiger partial charge in [0, 0.05) is 5.56 Å². The Morgan fingerprint density at radius 1 is 0.667 bits per heavy atom. The molecule has 0 aliphatic rings. The summed E-state index contributed by atoms with van der Waals surface area (Å²) in [6.07, 6.45) is 0.992. The van der Waals surface area contributed by atoms with Crippen molar-refractivity contribution >= 4 is 21.6 Å². The monoisotopic (exact) mass is 413 g/mol. The molecule has 3 aromatic carbocycles. The van der Waals surface area contributed by atoms with Crippen molar-refractivity contribution in [3.63, 3.8) is 0 Å². The molecule has 1 aromatic heterocycles. The average Bonchev–Trinajstić information content (AvgIpc) is 3.14. The SMILES string of the molecule is Cc1ccc2nc(-c3ccc(Cc4c(C)c(C)c(C)c(C)c4C)c(C)c3C)sc2c1. The quantitative estimate of drug-likeness (QED) is 0.331. The van der Waals surface area contributed by atoms with Crippen molar-refractivity contribution in [2.24, 2.45) is 0 Å². The minimum Gasteiger partial charge on any atom is -0.236 e. The van der Waals surface area contributed by atoms with Crippen molar-refractivity contribution < 1.29 is 0 Å². The molecule has 4 aromatic rings. The van der Waals surface area contributed by atoms with Crippen molar-refractivity contribution in [3.8, 4) is 10.6 Å². The van der Waals surface area contributed by atoms with Gasteiger partial charge in [0.25, 0.3) is 0 Å². The van der Waals surface area contributed by atoms with E-state index in [0.717, 1.165) is 16.9 Å². The van der Waals surface area contributed by atoms with Crippen LogP contribution in [0.4, 0.5) is 0 Å². The smallest absolute Gasteiger partial charge is 0.124 e. The molecule has 0 fully saturated rings. The lowest BCUT2D eigenvalue weighted by molar-refractivity contribution is 1.05. The first-order valence-electron chi connectivity index (χ1n) is 10.7. The van der Waals surface area contributed by atoms with Gasteiger partial charge in [-0.1, -0.05) is 18.2 Å². The molecule has 0 N–H and O–H groups in total. The van der Waals surface area contributed by atoms with Crippen LogP contribution >= 0.6 is 11.3 Å². The predicted octanol–water partition coefficient (Wildman–Crippen LogP) is 8.02. The fourth-order valence-electron chi connectivity index (χ4n) is 4.48. The predicted molar refractivity (Wildman–Crippen MR) is 132 cm³/mol. The first-order valence-corrected chi connectivity index (χ1v) is 11.5. The van der Waals surface area contributed by atoms with Crippen LogP contribution in [0.1, 0.15) is 55.6 Å². The second kappa shape index (κ2) is 7.67. The molecular formula is C28H31NS. The number of benzene rings is 3. The van der Waals surface area contributed by atoms with Crippen LogP contribution in [-0.4, -0.2) is 4.98 Å². The number of aryl methyl sites for hydroxylation is 1. The summed E-state index contributed by atoms with van der Waals surface area (Å²) in [4.78, 5) is 4.92. The Bertz CT molecular complexity index is 1260. The highest BCUT2D eigenvalue weighted by molar-refractivity contribution is 7.21. The van der Waals surface area contributed by atoms with E-state index in [1.807, 2.05) is 0 Å². The molecule has 0 amide bonds. The third-order valence-corrected chi connectivity index (χ3v) is 8.25. The maximum Gasteiger partial charge on any atom is 0.124 e. The molecule has 0 saturated heterocycles. The zero-order chi connectivity index (χ0) is 21.7. The Balaban J connectivity index is 1.77. The molecule has 0 unspecified atom stereocenters. The van der Waals surface area contributed by atoms with Crippen molar-refractivity contribution in [2.75, 3.05) is 0 Å². The molecule has 0 radical (unpaired) electrons. The lowest BCUT2D eigenvalue weighted by Crippen LogP contribution is -2.05. The van der Waals surface area contributed by atoms with Crippen LogP contribution in [0.3, 0.4) is 0 Å². The van der Waals surface area contributed by atoms with E-state index in [1.165, 1.54) is 65.9 Å². The van der Waals surface area contributed by atoms with E-state index in [2.05, 4.69) is 85.7 Å². The molecule has 0 saturated carbocycles. The van der Waals surface area contributed by atoms with Gasteiger partial charge in [0.2, 0.25) is 0 Å². The van der Waals surface area contributed by atoms with Crippen LogP contribution in [0.25, 0.3) is 20.8 Å². The molecule has 1 nitrogen and oxygen atoms in total. The molecule has 2 heteroatoms. The zero-order valence-electron chi connectivity index (χ0n) is 19.4. The largest absolute Gasteiger partial charge is 0.236 e. The standard InChI is InChI=1S/C28H31NS/c1-15-9-12-26-27(13-15)30-28(29-26)24-11-10-23(19(5)22(24)8)14-25-20(6)17(3)16(2)18(4)21(25)7/h9-13H,14H2,1-8H3. The van der Waals surface area contributed by atoms with E-state index < -0.39 is 0 Å². The molecule has 0 aliphatic carbocycles. The van der Waals surface area contributed by atoms with Gasteiger partial charge >= 0.3 is 0 Å². The van der Waals surface area contributed by atoms with Gasteiger partial charge in [-0.2, -0.15) is 0 Å². The van der Waals surface area contributed by atoms with E-state index in [4.69, 9.17) is 4.98 Å². The van der Waals surface area contributed by atoms with Gasteiger partial charge in [-0.25, -0.2) is 4.98 Å². The molecule has 1 heterocycles. The van der Waals surface area contributed by atoms with Gasteiger partial charge in [0.15, 0.2) is 0 Å².